The molecular weight excluding hydrogens is 734 g/mol. The van der Waals surface area contributed by atoms with Crippen LogP contribution in [0.15, 0.2) is 69.5 Å². The first-order chi connectivity index (χ1) is 27.0. The number of benzene rings is 4. The Balaban J connectivity index is 1.10. The van der Waals surface area contributed by atoms with Crippen LogP contribution in [0.4, 0.5) is 17.6 Å². The Morgan fingerprint density at radius 2 is 1.39 bits per heavy atom. The van der Waals surface area contributed by atoms with E-state index in [0.29, 0.717) is 66.2 Å². The normalized spacial score (nSPS) is 16.2. The molecule has 4 aromatic carbocycles. The van der Waals surface area contributed by atoms with E-state index in [4.69, 9.17) is 33.3 Å². The average molecular weight is 770 g/mol. The Hall–Kier alpha value is -5.98. The van der Waals surface area contributed by atoms with Crippen molar-refractivity contribution in [1.82, 2.24) is 20.2 Å². The van der Waals surface area contributed by atoms with E-state index in [-0.39, 0.29) is 46.6 Å². The number of ether oxygens (including phenoxy) is 3. The van der Waals surface area contributed by atoms with Crippen molar-refractivity contribution >= 4 is 28.2 Å². The molecule has 6 aromatic rings. The van der Waals surface area contributed by atoms with Gasteiger partial charge in [0.15, 0.2) is 11.2 Å². The summed E-state index contributed by atoms with van der Waals surface area (Å²) in [5.41, 5.74) is 6.79. The fourth-order valence-corrected chi connectivity index (χ4v) is 7.35. The molecule has 1 atom stereocenters. The molecule has 0 spiro atoms. The third kappa shape index (κ3) is 7.37. The highest BCUT2D eigenvalue weighted by atomic mass is 19.3. The summed E-state index contributed by atoms with van der Waals surface area (Å²) in [5.74, 6) is -0.209. The number of carbonyl (C=O) groups excluding carboxylic acids is 1. The van der Waals surface area contributed by atoms with Crippen molar-refractivity contribution in [2.45, 2.75) is 59.1 Å². The number of halogens is 4. The zero-order valence-electron chi connectivity index (χ0n) is 30.3. The van der Waals surface area contributed by atoms with Gasteiger partial charge in [-0.15, -0.1) is 0 Å². The number of aromatic nitrogens is 2. The average Bonchev–Trinajstić information content (AvgIpc) is 3.92. The number of nitrogens with one attached hydrogen (secondary N) is 1. The van der Waals surface area contributed by atoms with Gasteiger partial charge in [-0.05, 0) is 79.8 Å². The predicted octanol–water partition coefficient (Wildman–Crippen LogP) is 8.54. The van der Waals surface area contributed by atoms with Crippen molar-refractivity contribution in [3.8, 4) is 51.6 Å². The van der Waals surface area contributed by atoms with E-state index in [2.05, 4.69) is 16.4 Å². The van der Waals surface area contributed by atoms with Crippen molar-refractivity contribution in [1.29, 1.82) is 5.26 Å². The molecule has 4 heterocycles. The molecule has 0 radical (unpaired) electrons. The molecule has 2 fully saturated rings. The molecule has 2 saturated heterocycles. The van der Waals surface area contributed by atoms with Gasteiger partial charge in [0.2, 0.25) is 11.8 Å². The molecule has 11 nitrogen and oxygen atoms in total. The molecule has 0 unspecified atom stereocenters. The second-order valence-corrected chi connectivity index (χ2v) is 13.9. The quantitative estimate of drug-likeness (QED) is 0.0948. The van der Waals surface area contributed by atoms with Crippen LogP contribution in [0.3, 0.4) is 0 Å². The van der Waals surface area contributed by atoms with Crippen LogP contribution in [-0.2, 0) is 22.7 Å². The topological polar surface area (TPSA) is 136 Å². The Bertz CT molecular complexity index is 2480. The lowest BCUT2D eigenvalue weighted by molar-refractivity contribution is -0.147. The molecule has 15 heteroatoms. The van der Waals surface area contributed by atoms with Gasteiger partial charge >= 0.3 is 19.2 Å². The van der Waals surface area contributed by atoms with E-state index in [0.717, 1.165) is 28.7 Å². The smallest absolute Gasteiger partial charge is 0.387 e. The Morgan fingerprint density at radius 3 is 1.91 bits per heavy atom. The second-order valence-electron chi connectivity index (χ2n) is 13.9. The second kappa shape index (κ2) is 15.3. The first kappa shape index (κ1) is 37.0. The maximum absolute atomic E-state index is 13.4. The van der Waals surface area contributed by atoms with Gasteiger partial charge in [0.1, 0.15) is 35.2 Å². The monoisotopic (exact) mass is 769 g/mol. The summed E-state index contributed by atoms with van der Waals surface area (Å²) < 4.78 is 80.9. The minimum absolute atomic E-state index is 0.0120. The molecule has 2 aromatic heterocycles. The van der Waals surface area contributed by atoms with E-state index in [1.54, 1.807) is 6.07 Å². The van der Waals surface area contributed by atoms with Crippen molar-refractivity contribution in [2.24, 2.45) is 5.92 Å². The van der Waals surface area contributed by atoms with Gasteiger partial charge in [-0.3, -0.25) is 9.69 Å². The number of nitrogens with zero attached hydrogens (tertiary/aromatic N) is 4. The molecule has 0 amide bonds. The van der Waals surface area contributed by atoms with Gasteiger partial charge in [-0.25, -0.2) is 9.97 Å². The van der Waals surface area contributed by atoms with Crippen molar-refractivity contribution in [2.75, 3.05) is 19.6 Å². The maximum atomic E-state index is 13.4. The van der Waals surface area contributed by atoms with Crippen molar-refractivity contribution in [3.05, 3.63) is 82.9 Å². The highest BCUT2D eigenvalue weighted by molar-refractivity contribution is 5.85. The number of fused-ring (bicyclic) bond motifs is 2. The zero-order valence-corrected chi connectivity index (χ0v) is 30.3. The zero-order chi connectivity index (χ0) is 39.1. The van der Waals surface area contributed by atoms with Crippen LogP contribution < -0.4 is 14.8 Å². The van der Waals surface area contributed by atoms with Crippen molar-refractivity contribution < 1.29 is 45.4 Å². The molecule has 1 N–H and O–H groups in total. The SMILES string of the molecule is Cc1c(-c2nc3cc(COC(=O)[C@@H]4CCCN4)c(OC(F)F)cc3o2)cccc1-c1cccc(-c2nc3cc(CN4CC(C#N)C4)c(OC(F)F)cc3o2)c1C. The van der Waals surface area contributed by atoms with Crippen LogP contribution >= 0.6 is 0 Å². The largest absolute Gasteiger partial charge is 0.460 e. The summed E-state index contributed by atoms with van der Waals surface area (Å²) in [5, 5.41) is 12.2. The molecule has 2 aliphatic rings. The van der Waals surface area contributed by atoms with Crippen LogP contribution in [0.25, 0.3) is 56.2 Å². The van der Waals surface area contributed by atoms with Crippen LogP contribution in [0.1, 0.15) is 35.1 Å². The highest BCUT2D eigenvalue weighted by Crippen LogP contribution is 2.40. The summed E-state index contributed by atoms with van der Waals surface area (Å²) in [6, 6.07) is 19.0. The van der Waals surface area contributed by atoms with Gasteiger partial charge in [-0.2, -0.15) is 22.8 Å². The van der Waals surface area contributed by atoms with Gasteiger partial charge in [0, 0.05) is 54.0 Å². The van der Waals surface area contributed by atoms with E-state index >= 15 is 0 Å². The van der Waals surface area contributed by atoms with Crippen LogP contribution in [-0.4, -0.2) is 59.7 Å². The minimum atomic E-state index is -3.11. The van der Waals surface area contributed by atoms with E-state index in [1.165, 1.54) is 18.2 Å². The van der Waals surface area contributed by atoms with Crippen LogP contribution in [0.5, 0.6) is 11.5 Å². The number of nitriles is 1. The molecule has 2 aliphatic heterocycles. The number of carbonyl (C=O) groups is 1. The number of alkyl halides is 4. The fourth-order valence-electron chi connectivity index (χ4n) is 7.35. The maximum Gasteiger partial charge on any atom is 0.387 e. The highest BCUT2D eigenvalue weighted by Gasteiger charge is 2.29. The fraction of sp³-hybridized carbons (Fsp3) is 0.317. The first-order valence-electron chi connectivity index (χ1n) is 18.0. The molecule has 288 valence electrons. The molecule has 8 rings (SSSR count). The standard InChI is InChI=1S/C41H35F4N5O6/c1-21-26(6-3-8-28(21)37-48-31-12-24(19-50-17-23(16-46)18-50)33(55-40(42)43)14-35(31)53-37)27-7-4-9-29(22(27)2)38-49-32-13-25(20-52-39(51)30-10-5-11-47-30)34(56-41(44)45)15-36(32)54-38/h3-4,6-9,12-15,23,30,40-41,47H,5,10-11,17-20H2,1-2H3/t30-/m0/s1. The summed E-state index contributed by atoms with van der Waals surface area (Å²) in [6.45, 7) is -0.471. The molecule has 0 bridgehead atoms. The number of oxazole rings is 2. The molecule has 0 aliphatic carbocycles. The van der Waals surface area contributed by atoms with E-state index in [1.807, 2.05) is 55.1 Å². The van der Waals surface area contributed by atoms with Gasteiger partial charge in [0.25, 0.3) is 0 Å². The van der Waals surface area contributed by atoms with Crippen molar-refractivity contribution in [3.63, 3.8) is 0 Å². The Morgan fingerprint density at radius 1 is 0.857 bits per heavy atom. The lowest BCUT2D eigenvalue weighted by Crippen LogP contribution is -2.45. The Kier molecular flexibility index (Phi) is 10.1. The summed E-state index contributed by atoms with van der Waals surface area (Å²) in [4.78, 5) is 23.9. The third-order valence-electron chi connectivity index (χ3n) is 10.2. The molecular formula is C41H35F4N5O6. The first-order valence-corrected chi connectivity index (χ1v) is 18.0. The number of likely N-dealkylation sites (tertiary alicyclic amines) is 1. The summed E-state index contributed by atoms with van der Waals surface area (Å²) >= 11 is 0. The van der Waals surface area contributed by atoms with E-state index in [9.17, 15) is 22.4 Å². The predicted molar refractivity (Wildman–Crippen MR) is 196 cm³/mol. The van der Waals surface area contributed by atoms with E-state index < -0.39 is 25.2 Å². The summed E-state index contributed by atoms with van der Waals surface area (Å²) in [7, 11) is 0. The minimum Gasteiger partial charge on any atom is -0.460 e. The molecule has 0 saturated carbocycles. The van der Waals surface area contributed by atoms with Crippen LogP contribution in [0.2, 0.25) is 0 Å². The van der Waals surface area contributed by atoms with Gasteiger partial charge < -0.3 is 28.4 Å². The van der Waals surface area contributed by atoms with Gasteiger partial charge in [-0.1, -0.05) is 24.3 Å². The number of rotatable bonds is 12. The molecule has 56 heavy (non-hydrogen) atoms. The third-order valence-corrected chi connectivity index (χ3v) is 10.2. The summed E-state index contributed by atoms with van der Waals surface area (Å²) in [6.07, 6.45) is 1.48. The number of hydrogen-bond acceptors (Lipinski definition) is 11. The van der Waals surface area contributed by atoms with Gasteiger partial charge in [0.05, 0.1) is 12.0 Å². The number of esters is 1. The Labute approximate surface area is 317 Å². The lowest BCUT2D eigenvalue weighted by atomic mass is 9.91. The van der Waals surface area contributed by atoms with Crippen LogP contribution in [0, 0.1) is 31.1 Å². The lowest BCUT2D eigenvalue weighted by Gasteiger charge is -2.35. The number of hydrogen-bond donors (Lipinski definition) is 1.